The van der Waals surface area contributed by atoms with Gasteiger partial charge in [-0.1, -0.05) is 63.1 Å². The summed E-state index contributed by atoms with van der Waals surface area (Å²) in [4.78, 5) is 12.5. The van der Waals surface area contributed by atoms with Gasteiger partial charge in [0, 0.05) is 5.39 Å². The molecule has 1 unspecified atom stereocenters. The van der Waals surface area contributed by atoms with Gasteiger partial charge in [0.05, 0.1) is 6.61 Å². The lowest BCUT2D eigenvalue weighted by molar-refractivity contribution is -0.146. The first-order chi connectivity index (χ1) is 17.5. The molecule has 0 saturated heterocycles. The second-order valence-electron chi connectivity index (χ2n) is 8.22. The highest BCUT2D eigenvalue weighted by Gasteiger charge is 2.38. The fraction of sp³-hybridized carbons (Fsp3) is 0.320. The Labute approximate surface area is 210 Å². The van der Waals surface area contributed by atoms with Crippen molar-refractivity contribution in [1.82, 2.24) is 5.09 Å². The van der Waals surface area contributed by atoms with Crippen molar-refractivity contribution in [3.63, 3.8) is 0 Å². The van der Waals surface area contributed by atoms with Crippen LogP contribution in [-0.2, 0) is 14.1 Å². The molecule has 0 amide bonds. The van der Waals surface area contributed by atoms with Crippen molar-refractivity contribution in [3.8, 4) is 11.5 Å². The summed E-state index contributed by atoms with van der Waals surface area (Å²) in [5, 5.41) is 3.21. The van der Waals surface area contributed by atoms with Gasteiger partial charge in [0.2, 0.25) is 34.8 Å². The lowest BCUT2D eigenvalue weighted by Gasteiger charge is -2.24. The van der Waals surface area contributed by atoms with Gasteiger partial charge in [-0.3, -0.25) is 4.79 Å². The molecule has 0 bridgehead atoms. The smallest absolute Gasteiger partial charge is 0.464 e. The summed E-state index contributed by atoms with van der Waals surface area (Å²) in [7, 11) is -5.03. The number of hydrogen-bond acceptors (Lipinski definition) is 5. The Morgan fingerprint density at radius 3 is 2.05 bits per heavy atom. The van der Waals surface area contributed by atoms with Crippen LogP contribution in [0.3, 0.4) is 0 Å². The molecule has 37 heavy (non-hydrogen) atoms. The molecular formula is C25H25F5NO5P. The average molecular weight is 545 g/mol. The average Bonchev–Trinajstić information content (AvgIpc) is 2.89. The van der Waals surface area contributed by atoms with Crippen molar-refractivity contribution in [2.45, 2.75) is 39.7 Å². The third kappa shape index (κ3) is 6.40. The minimum Gasteiger partial charge on any atom is -0.464 e. The molecule has 3 aromatic rings. The highest BCUT2D eigenvalue weighted by molar-refractivity contribution is 7.52. The molecule has 0 saturated carbocycles. The molecule has 0 heterocycles. The third-order valence-corrected chi connectivity index (χ3v) is 7.23. The van der Waals surface area contributed by atoms with Gasteiger partial charge in [-0.15, -0.1) is 0 Å². The molecule has 12 heteroatoms. The van der Waals surface area contributed by atoms with Gasteiger partial charge < -0.3 is 13.8 Å². The maximum Gasteiger partial charge on any atom is 0.513 e. The van der Waals surface area contributed by atoms with E-state index in [-0.39, 0.29) is 18.3 Å². The van der Waals surface area contributed by atoms with Gasteiger partial charge in [-0.2, -0.15) is 13.9 Å². The molecule has 3 aromatic carbocycles. The van der Waals surface area contributed by atoms with Crippen LogP contribution in [0.1, 0.15) is 33.6 Å². The Morgan fingerprint density at radius 2 is 1.43 bits per heavy atom. The minimum atomic E-state index is -5.03. The van der Waals surface area contributed by atoms with E-state index < -0.39 is 54.6 Å². The van der Waals surface area contributed by atoms with Gasteiger partial charge in [-0.25, -0.2) is 17.7 Å². The topological polar surface area (TPSA) is 73.9 Å². The summed E-state index contributed by atoms with van der Waals surface area (Å²) in [5.41, 5.74) is 0. The monoisotopic (exact) mass is 545 g/mol. The summed E-state index contributed by atoms with van der Waals surface area (Å²) >= 11 is 0. The molecule has 0 aromatic heterocycles. The zero-order valence-electron chi connectivity index (χ0n) is 20.2. The number of halogens is 5. The number of hydrogen-bond donors (Lipinski definition) is 1. The molecule has 0 aliphatic heterocycles. The Balaban J connectivity index is 1.99. The first kappa shape index (κ1) is 28.4. The predicted molar refractivity (Wildman–Crippen MR) is 127 cm³/mol. The highest BCUT2D eigenvalue weighted by Crippen LogP contribution is 2.49. The Hall–Kier alpha value is -3.17. The van der Waals surface area contributed by atoms with Crippen LogP contribution in [-0.4, -0.2) is 18.6 Å². The van der Waals surface area contributed by atoms with Crippen molar-refractivity contribution in [2.75, 3.05) is 6.61 Å². The quantitative estimate of drug-likeness (QED) is 0.0915. The van der Waals surface area contributed by atoms with E-state index in [2.05, 4.69) is 5.09 Å². The molecule has 0 aliphatic rings. The van der Waals surface area contributed by atoms with E-state index in [0.717, 1.165) is 12.8 Å². The van der Waals surface area contributed by atoms with E-state index in [9.17, 15) is 31.3 Å². The van der Waals surface area contributed by atoms with Crippen molar-refractivity contribution in [3.05, 3.63) is 71.6 Å². The van der Waals surface area contributed by atoms with Gasteiger partial charge in [-0.05, 0) is 24.3 Å². The van der Waals surface area contributed by atoms with Crippen LogP contribution in [0.25, 0.3) is 10.8 Å². The van der Waals surface area contributed by atoms with E-state index in [0.29, 0.717) is 10.8 Å². The second-order valence-corrected chi connectivity index (χ2v) is 9.84. The first-order valence-electron chi connectivity index (χ1n) is 11.4. The number of benzene rings is 3. The van der Waals surface area contributed by atoms with Crippen LogP contribution in [0.15, 0.2) is 42.5 Å². The van der Waals surface area contributed by atoms with Crippen LogP contribution in [0, 0.1) is 35.0 Å². The molecule has 6 nitrogen and oxygen atoms in total. The van der Waals surface area contributed by atoms with Crippen LogP contribution in [0.2, 0.25) is 0 Å². The van der Waals surface area contributed by atoms with Crippen molar-refractivity contribution in [2.24, 2.45) is 5.92 Å². The van der Waals surface area contributed by atoms with Gasteiger partial charge in [0.25, 0.3) is 0 Å². The maximum absolute atomic E-state index is 14.4. The summed E-state index contributed by atoms with van der Waals surface area (Å²) in [6.07, 6.45) is 1.47. The van der Waals surface area contributed by atoms with E-state index in [4.69, 9.17) is 13.8 Å². The van der Waals surface area contributed by atoms with Crippen molar-refractivity contribution >= 4 is 24.5 Å². The largest absolute Gasteiger partial charge is 0.513 e. The van der Waals surface area contributed by atoms with Crippen molar-refractivity contribution in [1.29, 1.82) is 0 Å². The van der Waals surface area contributed by atoms with Gasteiger partial charge in [0.15, 0.2) is 0 Å². The molecule has 0 fully saturated rings. The Morgan fingerprint density at radius 1 is 0.865 bits per heavy atom. The van der Waals surface area contributed by atoms with Crippen molar-refractivity contribution < 1.29 is 45.1 Å². The van der Waals surface area contributed by atoms with Gasteiger partial charge >= 0.3 is 13.7 Å². The molecule has 2 atom stereocenters. The summed E-state index contributed by atoms with van der Waals surface area (Å²) in [6.45, 7) is 5.10. The predicted octanol–water partition coefficient (Wildman–Crippen LogP) is 7.06. The van der Waals surface area contributed by atoms with Crippen LogP contribution in [0.4, 0.5) is 22.0 Å². The second kappa shape index (κ2) is 11.9. The number of fused-ring (bicyclic) bond motifs is 1. The fourth-order valence-corrected chi connectivity index (χ4v) is 4.94. The van der Waals surface area contributed by atoms with E-state index in [1.165, 1.54) is 19.1 Å². The standard InChI is InChI=1S/C25H25F5NO5P/c1-4-15(5-2)13-34-25(32)14(3)31-37(33,35-18-12-8-10-16-9-6-7-11-17(16)18)36-24-22(29)20(27)19(26)21(28)23(24)30/h6-12,14-15H,4-5,13H2,1-3H3,(H,31,33)/t14-,37?/m0/s1. The number of nitrogens with one attached hydrogen (secondary N) is 1. The number of esters is 1. The summed E-state index contributed by atoms with van der Waals surface area (Å²) in [5.74, 6) is -14.5. The van der Waals surface area contributed by atoms with Gasteiger partial charge in [0.1, 0.15) is 11.8 Å². The molecule has 0 radical (unpaired) electrons. The highest BCUT2D eigenvalue weighted by atomic mass is 31.2. The van der Waals surface area contributed by atoms with Crippen LogP contribution in [0.5, 0.6) is 11.5 Å². The number of rotatable bonds is 11. The number of carbonyl (C=O) groups is 1. The van der Waals surface area contributed by atoms with Crippen LogP contribution < -0.4 is 14.1 Å². The van der Waals surface area contributed by atoms with E-state index in [1.807, 2.05) is 13.8 Å². The molecule has 0 aliphatic carbocycles. The summed E-state index contributed by atoms with van der Waals surface area (Å²) in [6, 6.07) is 9.79. The molecule has 0 spiro atoms. The minimum absolute atomic E-state index is 0.0604. The molecule has 1 N–H and O–H groups in total. The van der Waals surface area contributed by atoms with E-state index in [1.54, 1.807) is 30.3 Å². The normalized spacial score (nSPS) is 13.9. The zero-order valence-corrected chi connectivity index (χ0v) is 21.1. The number of carbonyl (C=O) groups excluding carboxylic acids is 1. The lowest BCUT2D eigenvalue weighted by Crippen LogP contribution is -2.36. The Kier molecular flexibility index (Phi) is 9.15. The van der Waals surface area contributed by atoms with Crippen LogP contribution >= 0.6 is 7.75 Å². The SMILES string of the molecule is CCC(CC)COC(=O)[C@H](C)NP(=O)(Oc1c(F)c(F)c(F)c(F)c1F)Oc1cccc2ccccc12. The lowest BCUT2D eigenvalue weighted by atomic mass is 10.1. The molecule has 200 valence electrons. The first-order valence-corrected chi connectivity index (χ1v) is 13.0. The van der Waals surface area contributed by atoms with E-state index >= 15 is 0 Å². The zero-order chi connectivity index (χ0) is 27.3. The third-order valence-electron chi connectivity index (χ3n) is 5.67. The Bertz CT molecular complexity index is 1300. The number of ether oxygens (including phenoxy) is 1. The molecule has 3 rings (SSSR count). The maximum atomic E-state index is 14.4. The molecular weight excluding hydrogens is 520 g/mol. The fourth-order valence-electron chi connectivity index (χ4n) is 3.40. The summed E-state index contributed by atoms with van der Waals surface area (Å²) < 4.78 is 99.1.